The minimum absolute atomic E-state index is 0.0869. The van der Waals surface area contributed by atoms with Gasteiger partial charge in [-0.15, -0.1) is 0 Å². The van der Waals surface area contributed by atoms with Crippen molar-refractivity contribution in [2.45, 2.75) is 51.4 Å². The molecule has 0 radical (unpaired) electrons. The molecule has 2 N–H and O–H groups in total. The van der Waals surface area contributed by atoms with Crippen molar-refractivity contribution in [2.75, 3.05) is 0 Å². The van der Waals surface area contributed by atoms with E-state index >= 15 is 0 Å². The first kappa shape index (κ1) is 24.6. The molecule has 0 heterocycles. The van der Waals surface area contributed by atoms with Crippen molar-refractivity contribution in [1.82, 2.24) is 0 Å². The van der Waals surface area contributed by atoms with Gasteiger partial charge < -0.3 is 14.9 Å². The van der Waals surface area contributed by atoms with Gasteiger partial charge in [-0.1, -0.05) is 82.3 Å². The molecule has 0 saturated carbocycles. The third-order valence-electron chi connectivity index (χ3n) is 7.73. The Morgan fingerprint density at radius 1 is 0.676 bits per heavy atom. The Balaban J connectivity index is 1.67. The summed E-state index contributed by atoms with van der Waals surface area (Å²) in [5.74, 6) is 0.516. The van der Waals surface area contributed by atoms with Gasteiger partial charge >= 0.3 is 6.16 Å². The Morgan fingerprint density at radius 2 is 1.30 bits per heavy atom. The summed E-state index contributed by atoms with van der Waals surface area (Å²) >= 11 is 0. The molecule has 0 unspecified atom stereocenters. The van der Waals surface area contributed by atoms with Crippen molar-refractivity contribution in [3.05, 3.63) is 96.1 Å². The summed E-state index contributed by atoms with van der Waals surface area (Å²) in [6.45, 7) is 9.32. The van der Waals surface area contributed by atoms with Crippen molar-refractivity contribution in [3.63, 3.8) is 0 Å². The maximum atomic E-state index is 10.9. The Labute approximate surface area is 218 Å². The van der Waals surface area contributed by atoms with Gasteiger partial charge in [0.2, 0.25) is 0 Å². The van der Waals surface area contributed by atoms with E-state index in [1.165, 1.54) is 11.1 Å². The number of hydrogen-bond acceptors (Lipinski definition) is 3. The lowest BCUT2D eigenvalue weighted by atomic mass is 9.63. The lowest BCUT2D eigenvalue weighted by Crippen LogP contribution is -2.33. The zero-order valence-electron chi connectivity index (χ0n) is 21.7. The predicted molar refractivity (Wildman–Crippen MR) is 148 cm³/mol. The summed E-state index contributed by atoms with van der Waals surface area (Å²) in [5.41, 5.74) is 9.20. The van der Waals surface area contributed by atoms with Crippen molar-refractivity contribution < 1.29 is 19.7 Å². The standard InChI is InChI=1S/C33H32O4/c1-32(2)16-17-33(3,4)30-20-24(11-15-29(30)32)28-19-22(21-8-12-26(13-9-21)37-31(35)36)10-14-27(28)23-6-5-7-25(34)18-23/h5-15,18-20,34H,16-17H2,1-4H3,(H,35,36). The number of hydrogen-bond donors (Lipinski definition) is 2. The van der Waals surface area contributed by atoms with E-state index in [-0.39, 0.29) is 22.3 Å². The molecule has 1 aliphatic carbocycles. The van der Waals surface area contributed by atoms with Crippen LogP contribution in [-0.4, -0.2) is 16.4 Å². The third-order valence-corrected chi connectivity index (χ3v) is 7.73. The Morgan fingerprint density at radius 3 is 1.97 bits per heavy atom. The van der Waals surface area contributed by atoms with Crippen LogP contribution in [0, 0.1) is 0 Å². The molecular weight excluding hydrogens is 460 g/mol. The van der Waals surface area contributed by atoms with Gasteiger partial charge in [-0.3, -0.25) is 0 Å². The summed E-state index contributed by atoms with van der Waals surface area (Å²) in [6, 6.07) is 27.6. The van der Waals surface area contributed by atoms with Gasteiger partial charge in [-0.05, 0) is 98.5 Å². The van der Waals surface area contributed by atoms with Crippen molar-refractivity contribution in [2.24, 2.45) is 0 Å². The van der Waals surface area contributed by atoms with Crippen LogP contribution < -0.4 is 4.74 Å². The fourth-order valence-electron chi connectivity index (χ4n) is 5.46. The highest BCUT2D eigenvalue weighted by molar-refractivity contribution is 5.88. The average molecular weight is 493 g/mol. The first-order valence-corrected chi connectivity index (χ1v) is 12.6. The Hall–Kier alpha value is -4.05. The van der Waals surface area contributed by atoms with Crippen LogP contribution >= 0.6 is 0 Å². The largest absolute Gasteiger partial charge is 0.511 e. The second-order valence-corrected chi connectivity index (χ2v) is 11.2. The molecule has 0 atom stereocenters. The van der Waals surface area contributed by atoms with Crippen LogP contribution in [-0.2, 0) is 10.8 Å². The molecule has 0 fully saturated rings. The molecule has 0 aliphatic heterocycles. The van der Waals surface area contributed by atoms with Crippen LogP contribution in [0.3, 0.4) is 0 Å². The van der Waals surface area contributed by atoms with Crippen molar-refractivity contribution in [1.29, 1.82) is 0 Å². The van der Waals surface area contributed by atoms with E-state index in [0.29, 0.717) is 0 Å². The van der Waals surface area contributed by atoms with E-state index < -0.39 is 6.16 Å². The van der Waals surface area contributed by atoms with Gasteiger partial charge in [0.1, 0.15) is 11.5 Å². The van der Waals surface area contributed by atoms with Crippen molar-refractivity contribution >= 4 is 6.16 Å². The van der Waals surface area contributed by atoms with Gasteiger partial charge in [0.25, 0.3) is 0 Å². The minimum Gasteiger partial charge on any atom is -0.508 e. The number of fused-ring (bicyclic) bond motifs is 1. The van der Waals surface area contributed by atoms with E-state index in [4.69, 9.17) is 9.84 Å². The lowest BCUT2D eigenvalue weighted by molar-refractivity contribution is 0.144. The maximum Gasteiger partial charge on any atom is 0.511 e. The van der Waals surface area contributed by atoms with Crippen LogP contribution in [0.15, 0.2) is 84.9 Å². The lowest BCUT2D eigenvalue weighted by Gasteiger charge is -2.42. The maximum absolute atomic E-state index is 10.9. The summed E-state index contributed by atoms with van der Waals surface area (Å²) < 4.78 is 4.77. The molecule has 0 spiro atoms. The van der Waals surface area contributed by atoms with Crippen molar-refractivity contribution in [3.8, 4) is 44.9 Å². The molecule has 4 aromatic carbocycles. The molecular formula is C33H32O4. The Kier molecular flexibility index (Phi) is 6.07. The fraction of sp³-hybridized carbons (Fsp3) is 0.242. The summed E-state index contributed by atoms with van der Waals surface area (Å²) in [5, 5.41) is 19.1. The van der Waals surface area contributed by atoms with Crippen LogP contribution in [0.25, 0.3) is 33.4 Å². The zero-order valence-corrected chi connectivity index (χ0v) is 21.7. The number of carboxylic acid groups (broad SMARTS) is 1. The summed E-state index contributed by atoms with van der Waals surface area (Å²) in [4.78, 5) is 10.9. The monoisotopic (exact) mass is 492 g/mol. The quantitative estimate of drug-likeness (QED) is 0.221. The molecule has 0 saturated heterocycles. The number of rotatable bonds is 4. The van der Waals surface area contributed by atoms with Gasteiger partial charge in [-0.2, -0.15) is 0 Å². The molecule has 37 heavy (non-hydrogen) atoms. The molecule has 1 aliphatic rings. The van der Waals surface area contributed by atoms with Crippen LogP contribution in [0.1, 0.15) is 51.7 Å². The number of benzene rings is 4. The van der Waals surface area contributed by atoms with E-state index in [2.05, 4.69) is 64.1 Å². The second kappa shape index (κ2) is 9.11. The van der Waals surface area contributed by atoms with Gasteiger partial charge in [0, 0.05) is 0 Å². The number of ether oxygens (including phenoxy) is 1. The van der Waals surface area contributed by atoms with Crippen LogP contribution in [0.5, 0.6) is 11.5 Å². The van der Waals surface area contributed by atoms with Gasteiger partial charge in [0.15, 0.2) is 0 Å². The zero-order chi connectivity index (χ0) is 26.4. The number of carbonyl (C=O) groups is 1. The molecule has 0 amide bonds. The molecule has 0 aromatic heterocycles. The van der Waals surface area contributed by atoms with Gasteiger partial charge in [-0.25, -0.2) is 4.79 Å². The van der Waals surface area contributed by atoms with E-state index in [1.54, 1.807) is 24.3 Å². The smallest absolute Gasteiger partial charge is 0.508 e. The number of phenols is 1. The second-order valence-electron chi connectivity index (χ2n) is 11.2. The molecule has 5 rings (SSSR count). The molecule has 4 heteroatoms. The molecule has 4 aromatic rings. The van der Waals surface area contributed by atoms with E-state index in [0.717, 1.165) is 46.2 Å². The number of phenolic OH excluding ortho intramolecular Hbond substituents is 1. The Bertz CT molecular complexity index is 1480. The highest BCUT2D eigenvalue weighted by Crippen LogP contribution is 2.47. The van der Waals surface area contributed by atoms with E-state index in [1.807, 2.05) is 24.3 Å². The SMILES string of the molecule is CC1(C)CCC(C)(C)c2cc(-c3cc(-c4ccc(OC(=O)O)cc4)ccc3-c3cccc(O)c3)ccc21. The minimum atomic E-state index is -1.33. The summed E-state index contributed by atoms with van der Waals surface area (Å²) in [7, 11) is 0. The molecule has 4 nitrogen and oxygen atoms in total. The summed E-state index contributed by atoms with van der Waals surface area (Å²) in [6.07, 6.45) is 0.975. The first-order valence-electron chi connectivity index (χ1n) is 12.6. The highest BCUT2D eigenvalue weighted by Gasteiger charge is 2.37. The molecule has 0 bridgehead atoms. The van der Waals surface area contributed by atoms with Crippen LogP contribution in [0.2, 0.25) is 0 Å². The predicted octanol–water partition coefficient (Wildman–Crippen LogP) is 8.80. The fourth-order valence-corrected chi connectivity index (χ4v) is 5.46. The average Bonchev–Trinajstić information content (AvgIpc) is 2.86. The normalized spacial score (nSPS) is 15.6. The third kappa shape index (κ3) is 4.84. The first-order chi connectivity index (χ1) is 17.5. The van der Waals surface area contributed by atoms with E-state index in [9.17, 15) is 9.90 Å². The highest BCUT2D eigenvalue weighted by atomic mass is 16.7. The number of aromatic hydroxyl groups is 1. The van der Waals surface area contributed by atoms with Gasteiger partial charge in [0.05, 0.1) is 0 Å². The van der Waals surface area contributed by atoms with Crippen LogP contribution in [0.4, 0.5) is 4.79 Å². The molecule has 188 valence electrons. The topological polar surface area (TPSA) is 66.8 Å².